The fraction of sp³-hybridized carbons (Fsp3) is 0.632. The van der Waals surface area contributed by atoms with Crippen molar-refractivity contribution in [3.8, 4) is 0 Å². The van der Waals surface area contributed by atoms with E-state index in [-0.39, 0.29) is 5.91 Å². The minimum Gasteiger partial charge on any atom is -0.369 e. The van der Waals surface area contributed by atoms with Crippen molar-refractivity contribution >= 4 is 5.91 Å². The van der Waals surface area contributed by atoms with Crippen LogP contribution in [0.2, 0.25) is 0 Å². The molecular weight excluding hydrogens is 286 g/mol. The van der Waals surface area contributed by atoms with Gasteiger partial charge in [-0.05, 0) is 68.9 Å². The highest BCUT2D eigenvalue weighted by atomic mass is 16.1. The van der Waals surface area contributed by atoms with Gasteiger partial charge in [0.05, 0.1) is 0 Å². The number of benzene rings is 1. The molecular formula is C19H31N3O. The molecule has 0 aromatic heterocycles. The van der Waals surface area contributed by atoms with Crippen molar-refractivity contribution in [1.82, 2.24) is 4.90 Å². The highest BCUT2D eigenvalue weighted by Crippen LogP contribution is 2.30. The Morgan fingerprint density at radius 1 is 1.30 bits per heavy atom. The third-order valence-electron chi connectivity index (χ3n) is 5.00. The van der Waals surface area contributed by atoms with E-state index in [2.05, 4.69) is 29.2 Å². The summed E-state index contributed by atoms with van der Waals surface area (Å²) in [6, 6.07) is 8.71. The lowest BCUT2D eigenvalue weighted by atomic mass is 9.83. The van der Waals surface area contributed by atoms with Crippen molar-refractivity contribution in [1.29, 1.82) is 0 Å². The van der Waals surface area contributed by atoms with Crippen LogP contribution in [-0.4, -0.2) is 37.0 Å². The van der Waals surface area contributed by atoms with Crippen molar-refractivity contribution in [2.45, 2.75) is 45.4 Å². The maximum absolute atomic E-state index is 11.5. The van der Waals surface area contributed by atoms with Crippen LogP contribution in [0.25, 0.3) is 0 Å². The van der Waals surface area contributed by atoms with E-state index in [4.69, 9.17) is 11.5 Å². The highest BCUT2D eigenvalue weighted by molar-refractivity contribution is 5.80. The summed E-state index contributed by atoms with van der Waals surface area (Å²) >= 11 is 0. The van der Waals surface area contributed by atoms with E-state index >= 15 is 0 Å². The van der Waals surface area contributed by atoms with Crippen molar-refractivity contribution in [2.24, 2.45) is 16.9 Å². The number of carbonyl (C=O) groups is 1. The molecule has 2 rings (SSSR count). The zero-order chi connectivity index (χ0) is 16.9. The number of hydrogen-bond acceptors (Lipinski definition) is 3. The Bertz CT molecular complexity index is 519. The summed E-state index contributed by atoms with van der Waals surface area (Å²) in [6.07, 6.45) is 4.19. The molecule has 1 aromatic carbocycles. The molecule has 1 fully saturated rings. The van der Waals surface area contributed by atoms with Crippen LogP contribution in [-0.2, 0) is 11.2 Å². The second-order valence-electron chi connectivity index (χ2n) is 7.43. The maximum Gasteiger partial charge on any atom is 0.223 e. The first-order chi connectivity index (χ1) is 10.9. The van der Waals surface area contributed by atoms with Crippen LogP contribution in [0.15, 0.2) is 24.3 Å². The number of amides is 1. The summed E-state index contributed by atoms with van der Waals surface area (Å²) in [5.74, 6) is 0.386. The predicted octanol–water partition coefficient (Wildman–Crippen LogP) is 2.27. The summed E-state index contributed by atoms with van der Waals surface area (Å²) in [4.78, 5) is 14.1. The first-order valence-electron chi connectivity index (χ1n) is 8.73. The summed E-state index contributed by atoms with van der Waals surface area (Å²) in [5.41, 5.74) is 13.2. The van der Waals surface area contributed by atoms with Crippen LogP contribution in [0.4, 0.5) is 0 Å². The Morgan fingerprint density at radius 2 is 2.00 bits per heavy atom. The van der Waals surface area contributed by atoms with E-state index in [1.807, 2.05) is 13.8 Å². The molecule has 128 valence electrons. The van der Waals surface area contributed by atoms with Crippen molar-refractivity contribution in [2.75, 3.05) is 26.2 Å². The molecule has 0 unspecified atom stereocenters. The number of carbonyl (C=O) groups excluding carboxylic acids is 1. The fourth-order valence-electron chi connectivity index (χ4n) is 3.36. The van der Waals surface area contributed by atoms with Crippen LogP contribution in [0.1, 0.15) is 50.2 Å². The van der Waals surface area contributed by atoms with Gasteiger partial charge >= 0.3 is 0 Å². The van der Waals surface area contributed by atoms with E-state index in [1.165, 1.54) is 24.0 Å². The predicted molar refractivity (Wildman–Crippen MR) is 95.2 cm³/mol. The molecule has 4 N–H and O–H groups in total. The van der Waals surface area contributed by atoms with Crippen molar-refractivity contribution < 1.29 is 4.79 Å². The summed E-state index contributed by atoms with van der Waals surface area (Å²) in [5, 5.41) is 0. The Hall–Kier alpha value is -1.39. The van der Waals surface area contributed by atoms with Gasteiger partial charge in [0.25, 0.3) is 0 Å². The van der Waals surface area contributed by atoms with Gasteiger partial charge in [-0.2, -0.15) is 0 Å². The highest BCUT2D eigenvalue weighted by Gasteiger charge is 2.26. The first kappa shape index (κ1) is 18.0. The summed E-state index contributed by atoms with van der Waals surface area (Å²) in [6.45, 7) is 8.03. The zero-order valence-corrected chi connectivity index (χ0v) is 14.6. The van der Waals surface area contributed by atoms with Crippen LogP contribution in [0, 0.1) is 5.41 Å². The van der Waals surface area contributed by atoms with Gasteiger partial charge in [0.2, 0.25) is 5.91 Å². The topological polar surface area (TPSA) is 72.3 Å². The number of nitrogens with two attached hydrogens (primary N) is 2. The average molecular weight is 317 g/mol. The molecule has 0 spiro atoms. The largest absolute Gasteiger partial charge is 0.369 e. The molecule has 1 amide bonds. The van der Waals surface area contributed by atoms with Crippen LogP contribution >= 0.6 is 0 Å². The lowest BCUT2D eigenvalue weighted by molar-refractivity contribution is -0.125. The molecule has 4 nitrogen and oxygen atoms in total. The molecule has 0 aliphatic carbocycles. The zero-order valence-electron chi connectivity index (χ0n) is 14.6. The van der Waals surface area contributed by atoms with Gasteiger partial charge in [-0.3, -0.25) is 4.79 Å². The van der Waals surface area contributed by atoms with Gasteiger partial charge in [-0.15, -0.1) is 0 Å². The van der Waals surface area contributed by atoms with Crippen LogP contribution < -0.4 is 11.5 Å². The molecule has 1 saturated heterocycles. The minimum atomic E-state index is -0.496. The van der Waals surface area contributed by atoms with Gasteiger partial charge in [0.1, 0.15) is 0 Å². The molecule has 0 atom stereocenters. The summed E-state index contributed by atoms with van der Waals surface area (Å²) < 4.78 is 0. The number of hydrogen-bond donors (Lipinski definition) is 2. The molecule has 1 heterocycles. The van der Waals surface area contributed by atoms with E-state index in [0.717, 1.165) is 32.6 Å². The molecule has 0 saturated carbocycles. The maximum atomic E-state index is 11.5. The van der Waals surface area contributed by atoms with Crippen LogP contribution in [0.5, 0.6) is 0 Å². The van der Waals surface area contributed by atoms with Gasteiger partial charge in [0.15, 0.2) is 0 Å². The minimum absolute atomic E-state index is 0.240. The second-order valence-corrected chi connectivity index (χ2v) is 7.43. The van der Waals surface area contributed by atoms with Crippen molar-refractivity contribution in [3.63, 3.8) is 0 Å². The smallest absolute Gasteiger partial charge is 0.223 e. The van der Waals surface area contributed by atoms with Crippen LogP contribution in [0.3, 0.4) is 0 Å². The Morgan fingerprint density at radius 3 is 2.61 bits per heavy atom. The fourth-order valence-corrected chi connectivity index (χ4v) is 3.36. The van der Waals surface area contributed by atoms with E-state index in [0.29, 0.717) is 12.3 Å². The Balaban J connectivity index is 1.97. The van der Waals surface area contributed by atoms with E-state index < -0.39 is 5.41 Å². The Kier molecular flexibility index (Phi) is 6.19. The van der Waals surface area contributed by atoms with Gasteiger partial charge < -0.3 is 16.4 Å². The summed E-state index contributed by atoms with van der Waals surface area (Å²) in [7, 11) is 0. The lowest BCUT2D eigenvalue weighted by Crippen LogP contribution is -2.34. The third kappa shape index (κ3) is 5.05. The third-order valence-corrected chi connectivity index (χ3v) is 5.00. The Labute approximate surface area is 140 Å². The SMILES string of the molecule is CC(C)(Cc1cccc(C2CCN(CCCN)CC2)c1)C(N)=O. The molecule has 1 aliphatic rings. The van der Waals surface area contributed by atoms with Gasteiger partial charge in [0, 0.05) is 5.41 Å². The monoisotopic (exact) mass is 317 g/mol. The molecule has 0 radical (unpaired) electrons. The molecule has 0 bridgehead atoms. The molecule has 1 aromatic rings. The van der Waals surface area contributed by atoms with Crippen molar-refractivity contribution in [3.05, 3.63) is 35.4 Å². The lowest BCUT2D eigenvalue weighted by Gasteiger charge is -2.32. The van der Waals surface area contributed by atoms with Gasteiger partial charge in [-0.25, -0.2) is 0 Å². The number of piperidine rings is 1. The molecule has 4 heteroatoms. The number of likely N-dealkylation sites (tertiary alicyclic amines) is 1. The normalized spacial score (nSPS) is 17.3. The average Bonchev–Trinajstić information content (AvgIpc) is 2.53. The number of rotatable bonds is 7. The number of primary amides is 1. The molecule has 1 aliphatic heterocycles. The van der Waals surface area contributed by atoms with E-state index in [1.54, 1.807) is 0 Å². The quantitative estimate of drug-likeness (QED) is 0.810. The number of nitrogens with zero attached hydrogens (tertiary/aromatic N) is 1. The molecule has 23 heavy (non-hydrogen) atoms. The second kappa shape index (κ2) is 7.93. The first-order valence-corrected chi connectivity index (χ1v) is 8.73. The standard InChI is InChI=1S/C19H31N3O/c1-19(2,18(21)23)14-15-5-3-6-17(13-15)16-7-11-22(12-8-16)10-4-9-20/h3,5-6,13,16H,4,7-12,14,20H2,1-2H3,(H2,21,23). The van der Waals surface area contributed by atoms with Gasteiger partial charge in [-0.1, -0.05) is 38.1 Å². The van der Waals surface area contributed by atoms with E-state index in [9.17, 15) is 4.79 Å².